The molecule has 4 heteroatoms. The van der Waals surface area contributed by atoms with Gasteiger partial charge in [-0.2, -0.15) is 0 Å². The molecule has 0 aliphatic rings. The lowest BCUT2D eigenvalue weighted by molar-refractivity contribution is 0.115. The molecule has 130 valence electrons. The number of ether oxygens (including phenoxy) is 1. The molecule has 0 radical (unpaired) electrons. The van der Waals surface area contributed by atoms with Crippen LogP contribution < -0.4 is 0 Å². The number of allylic oxidation sites excluding steroid dienone is 4. The summed E-state index contributed by atoms with van der Waals surface area (Å²) in [4.78, 5) is 0. The Hall–Kier alpha value is -1.42. The second kappa shape index (κ2) is 12.1. The number of unbranched alkanes of at least 4 members (excludes halogenated alkanes) is 1. The highest BCUT2D eigenvalue weighted by atomic mass is 16.5. The number of rotatable bonds is 12. The standard InChI is InChI=1S/C19H33N3O/c1-5-7-14-23-16-19-15-22(21-20-19)13-9-12-18(4)11-8-10-17(3)6-2/h6,11,15H,5,7-10,12-14,16H2,1-4H3/b17-6+,18-11+. The van der Waals surface area contributed by atoms with Gasteiger partial charge in [-0.15, -0.1) is 5.10 Å². The van der Waals surface area contributed by atoms with Gasteiger partial charge in [0.15, 0.2) is 0 Å². The van der Waals surface area contributed by atoms with Gasteiger partial charge < -0.3 is 4.74 Å². The van der Waals surface area contributed by atoms with E-state index in [0.717, 1.165) is 57.4 Å². The molecule has 1 aromatic rings. The van der Waals surface area contributed by atoms with Crippen molar-refractivity contribution in [2.75, 3.05) is 6.61 Å². The van der Waals surface area contributed by atoms with E-state index in [2.05, 4.69) is 50.2 Å². The van der Waals surface area contributed by atoms with Crippen LogP contribution in [0.2, 0.25) is 0 Å². The Morgan fingerprint density at radius 1 is 1.22 bits per heavy atom. The van der Waals surface area contributed by atoms with Crippen molar-refractivity contribution < 1.29 is 4.74 Å². The Morgan fingerprint density at radius 3 is 2.78 bits per heavy atom. The lowest BCUT2D eigenvalue weighted by Crippen LogP contribution is -1.99. The van der Waals surface area contributed by atoms with Crippen molar-refractivity contribution in [3.8, 4) is 0 Å². The first-order chi connectivity index (χ1) is 11.2. The molecular formula is C19H33N3O. The first-order valence-electron chi connectivity index (χ1n) is 8.89. The zero-order valence-electron chi connectivity index (χ0n) is 15.3. The zero-order valence-corrected chi connectivity index (χ0v) is 15.3. The fourth-order valence-electron chi connectivity index (χ4n) is 2.25. The predicted octanol–water partition coefficient (Wildman–Crippen LogP) is 5.07. The first kappa shape index (κ1) is 19.6. The maximum absolute atomic E-state index is 5.56. The average molecular weight is 319 g/mol. The molecule has 0 amide bonds. The number of aromatic nitrogens is 3. The van der Waals surface area contributed by atoms with Gasteiger partial charge in [0.25, 0.3) is 0 Å². The van der Waals surface area contributed by atoms with Gasteiger partial charge in [-0.3, -0.25) is 4.68 Å². The molecule has 0 atom stereocenters. The Kier molecular flexibility index (Phi) is 10.3. The van der Waals surface area contributed by atoms with Crippen LogP contribution in [-0.4, -0.2) is 21.6 Å². The van der Waals surface area contributed by atoms with Crippen LogP contribution >= 0.6 is 0 Å². The molecule has 1 aromatic heterocycles. The van der Waals surface area contributed by atoms with Gasteiger partial charge in [-0.05, 0) is 52.9 Å². The zero-order chi connectivity index (χ0) is 16.9. The predicted molar refractivity (Wildman–Crippen MR) is 96.2 cm³/mol. The maximum atomic E-state index is 5.56. The minimum atomic E-state index is 0.573. The average Bonchev–Trinajstić information content (AvgIpc) is 2.99. The molecule has 0 unspecified atom stereocenters. The number of aryl methyl sites for hydroxylation is 1. The van der Waals surface area contributed by atoms with Crippen LogP contribution in [0, 0.1) is 0 Å². The molecular weight excluding hydrogens is 286 g/mol. The van der Waals surface area contributed by atoms with Crippen molar-refractivity contribution >= 4 is 0 Å². The summed E-state index contributed by atoms with van der Waals surface area (Å²) in [6.45, 7) is 11.0. The molecule has 0 N–H and O–H groups in total. The fourth-order valence-corrected chi connectivity index (χ4v) is 2.25. The summed E-state index contributed by atoms with van der Waals surface area (Å²) in [6.07, 6.45) is 13.4. The lowest BCUT2D eigenvalue weighted by atomic mass is 10.1. The van der Waals surface area contributed by atoms with E-state index in [4.69, 9.17) is 4.74 Å². The van der Waals surface area contributed by atoms with E-state index in [1.54, 1.807) is 0 Å². The van der Waals surface area contributed by atoms with Gasteiger partial charge in [0.05, 0.1) is 12.8 Å². The summed E-state index contributed by atoms with van der Waals surface area (Å²) < 4.78 is 7.49. The minimum Gasteiger partial charge on any atom is -0.375 e. The Balaban J connectivity index is 2.20. The van der Waals surface area contributed by atoms with E-state index in [-0.39, 0.29) is 0 Å². The molecule has 1 rings (SSSR count). The van der Waals surface area contributed by atoms with E-state index < -0.39 is 0 Å². The summed E-state index contributed by atoms with van der Waals surface area (Å²) >= 11 is 0. The molecule has 4 nitrogen and oxygen atoms in total. The van der Waals surface area contributed by atoms with Gasteiger partial charge >= 0.3 is 0 Å². The van der Waals surface area contributed by atoms with Crippen LogP contribution in [0.15, 0.2) is 29.5 Å². The van der Waals surface area contributed by atoms with E-state index in [9.17, 15) is 0 Å². The van der Waals surface area contributed by atoms with Crippen molar-refractivity contribution in [3.05, 3.63) is 35.2 Å². The molecule has 0 bridgehead atoms. The quantitative estimate of drug-likeness (QED) is 0.399. The molecule has 0 saturated heterocycles. The fraction of sp³-hybridized carbons (Fsp3) is 0.684. The van der Waals surface area contributed by atoms with E-state index >= 15 is 0 Å². The van der Waals surface area contributed by atoms with E-state index in [0.29, 0.717) is 6.61 Å². The van der Waals surface area contributed by atoms with Gasteiger partial charge in [-0.25, -0.2) is 0 Å². The first-order valence-corrected chi connectivity index (χ1v) is 8.89. The van der Waals surface area contributed by atoms with Gasteiger partial charge in [0.1, 0.15) is 5.69 Å². The second-order valence-corrected chi connectivity index (χ2v) is 6.21. The lowest BCUT2D eigenvalue weighted by Gasteiger charge is -2.03. The van der Waals surface area contributed by atoms with Crippen LogP contribution in [0.25, 0.3) is 0 Å². The Bertz CT molecular complexity index is 489. The highest BCUT2D eigenvalue weighted by Gasteiger charge is 2.01. The summed E-state index contributed by atoms with van der Waals surface area (Å²) in [7, 11) is 0. The molecule has 0 aliphatic carbocycles. The maximum Gasteiger partial charge on any atom is 0.108 e. The summed E-state index contributed by atoms with van der Waals surface area (Å²) in [5.41, 5.74) is 3.86. The topological polar surface area (TPSA) is 39.9 Å². The minimum absolute atomic E-state index is 0.573. The van der Waals surface area contributed by atoms with Crippen LogP contribution in [0.3, 0.4) is 0 Å². The largest absolute Gasteiger partial charge is 0.375 e. The summed E-state index contributed by atoms with van der Waals surface area (Å²) in [6, 6.07) is 0. The van der Waals surface area contributed by atoms with E-state index in [1.165, 1.54) is 11.1 Å². The highest BCUT2D eigenvalue weighted by molar-refractivity contribution is 5.02. The van der Waals surface area contributed by atoms with Crippen molar-refractivity contribution in [2.45, 2.75) is 79.4 Å². The summed E-state index contributed by atoms with van der Waals surface area (Å²) in [5, 5.41) is 8.33. The van der Waals surface area contributed by atoms with Crippen molar-refractivity contribution in [3.63, 3.8) is 0 Å². The molecule has 23 heavy (non-hydrogen) atoms. The third-order valence-corrected chi connectivity index (χ3v) is 3.96. The molecule has 0 saturated carbocycles. The number of nitrogens with zero attached hydrogens (tertiary/aromatic N) is 3. The highest BCUT2D eigenvalue weighted by Crippen LogP contribution is 2.10. The van der Waals surface area contributed by atoms with Crippen molar-refractivity contribution in [2.24, 2.45) is 0 Å². The van der Waals surface area contributed by atoms with Crippen LogP contribution in [0.1, 0.15) is 71.9 Å². The normalized spacial score (nSPS) is 12.9. The van der Waals surface area contributed by atoms with Crippen molar-refractivity contribution in [1.29, 1.82) is 0 Å². The monoisotopic (exact) mass is 319 g/mol. The van der Waals surface area contributed by atoms with Gasteiger partial charge in [0, 0.05) is 13.2 Å². The SMILES string of the molecule is C/C=C(\C)CC/C=C(\C)CCCn1cc(COCCCC)nn1. The number of hydrogen-bond donors (Lipinski definition) is 0. The molecule has 0 aromatic carbocycles. The Morgan fingerprint density at radius 2 is 2.04 bits per heavy atom. The molecule has 0 fully saturated rings. The van der Waals surface area contributed by atoms with Crippen LogP contribution in [-0.2, 0) is 17.9 Å². The molecule has 0 aliphatic heterocycles. The van der Waals surface area contributed by atoms with Crippen LogP contribution in [0.5, 0.6) is 0 Å². The number of hydrogen-bond acceptors (Lipinski definition) is 3. The third kappa shape index (κ3) is 9.34. The third-order valence-electron chi connectivity index (χ3n) is 3.96. The Labute approximate surface area is 141 Å². The summed E-state index contributed by atoms with van der Waals surface area (Å²) in [5.74, 6) is 0. The van der Waals surface area contributed by atoms with Crippen LogP contribution in [0.4, 0.5) is 0 Å². The van der Waals surface area contributed by atoms with Gasteiger partial charge in [-0.1, -0.05) is 41.9 Å². The molecule has 0 spiro atoms. The smallest absolute Gasteiger partial charge is 0.108 e. The van der Waals surface area contributed by atoms with Crippen molar-refractivity contribution in [1.82, 2.24) is 15.0 Å². The van der Waals surface area contributed by atoms with Gasteiger partial charge in [0.2, 0.25) is 0 Å². The second-order valence-electron chi connectivity index (χ2n) is 6.21. The van der Waals surface area contributed by atoms with E-state index in [1.807, 2.05) is 10.9 Å². The molecule has 1 heterocycles.